The molecule has 0 radical (unpaired) electrons. The smallest absolute Gasteiger partial charge is 0.228 e. The van der Waals surface area contributed by atoms with Crippen molar-refractivity contribution < 1.29 is 14.0 Å². The summed E-state index contributed by atoms with van der Waals surface area (Å²) in [4.78, 5) is 31.2. The summed E-state index contributed by atoms with van der Waals surface area (Å²) in [5.74, 6) is -0.329. The molecule has 152 valence electrons. The van der Waals surface area contributed by atoms with Crippen LogP contribution in [0.25, 0.3) is 0 Å². The monoisotopic (exact) mass is 395 g/mol. The Bertz CT molecular complexity index is 848. The third-order valence-corrected chi connectivity index (χ3v) is 5.86. The molecule has 4 rings (SSSR count). The molecule has 0 N–H and O–H groups in total. The van der Waals surface area contributed by atoms with Crippen LogP contribution in [0.3, 0.4) is 0 Å². The van der Waals surface area contributed by atoms with E-state index in [9.17, 15) is 14.0 Å². The molecule has 0 spiro atoms. The van der Waals surface area contributed by atoms with Crippen LogP contribution in [0.4, 0.5) is 10.1 Å². The largest absolute Gasteiger partial charge is 0.368 e. The van der Waals surface area contributed by atoms with Crippen molar-refractivity contribution in [1.82, 2.24) is 9.80 Å². The highest BCUT2D eigenvalue weighted by molar-refractivity contribution is 5.89. The second kappa shape index (κ2) is 8.64. The number of anilines is 1. The lowest BCUT2D eigenvalue weighted by atomic mass is 10.1. The number of benzene rings is 2. The minimum atomic E-state index is -0.245. The molecular formula is C23H26FN3O2. The SMILES string of the molecule is O=C1C[C@H](C(=O)N2CCN(c3ccc(F)cc3)CC2)CN1CCc1ccccc1. The first-order chi connectivity index (χ1) is 14.1. The summed E-state index contributed by atoms with van der Waals surface area (Å²) in [7, 11) is 0. The van der Waals surface area contributed by atoms with Gasteiger partial charge in [0.25, 0.3) is 0 Å². The fourth-order valence-electron chi connectivity index (χ4n) is 4.16. The van der Waals surface area contributed by atoms with Crippen molar-refractivity contribution in [3.8, 4) is 0 Å². The zero-order chi connectivity index (χ0) is 20.2. The van der Waals surface area contributed by atoms with Gasteiger partial charge in [-0.2, -0.15) is 0 Å². The van der Waals surface area contributed by atoms with E-state index >= 15 is 0 Å². The third-order valence-electron chi connectivity index (χ3n) is 5.86. The molecule has 5 nitrogen and oxygen atoms in total. The minimum absolute atomic E-state index is 0.0734. The first-order valence-electron chi connectivity index (χ1n) is 10.2. The van der Waals surface area contributed by atoms with E-state index in [1.54, 1.807) is 12.1 Å². The highest BCUT2D eigenvalue weighted by atomic mass is 19.1. The highest BCUT2D eigenvalue weighted by Crippen LogP contribution is 2.23. The van der Waals surface area contributed by atoms with Gasteiger partial charge < -0.3 is 14.7 Å². The van der Waals surface area contributed by atoms with Crippen molar-refractivity contribution in [3.63, 3.8) is 0 Å². The summed E-state index contributed by atoms with van der Waals surface area (Å²) in [5.41, 5.74) is 2.17. The van der Waals surface area contributed by atoms with Crippen molar-refractivity contribution in [2.45, 2.75) is 12.8 Å². The van der Waals surface area contributed by atoms with Gasteiger partial charge >= 0.3 is 0 Å². The standard InChI is InChI=1S/C23H26FN3O2/c24-20-6-8-21(9-7-20)25-12-14-26(15-13-25)23(29)19-16-22(28)27(17-19)11-10-18-4-2-1-3-5-18/h1-9,19H,10-17H2/t19-/m0/s1. The third kappa shape index (κ3) is 4.58. The van der Waals surface area contributed by atoms with E-state index in [1.165, 1.54) is 17.7 Å². The molecule has 29 heavy (non-hydrogen) atoms. The summed E-state index contributed by atoms with van der Waals surface area (Å²) in [6, 6.07) is 16.6. The number of carbonyl (C=O) groups is 2. The van der Waals surface area contributed by atoms with Gasteiger partial charge in [-0.15, -0.1) is 0 Å². The van der Waals surface area contributed by atoms with Gasteiger partial charge in [-0.3, -0.25) is 9.59 Å². The lowest BCUT2D eigenvalue weighted by Crippen LogP contribution is -2.50. The predicted molar refractivity (Wildman–Crippen MR) is 110 cm³/mol. The first-order valence-corrected chi connectivity index (χ1v) is 10.2. The van der Waals surface area contributed by atoms with Gasteiger partial charge in [0, 0.05) is 51.4 Å². The van der Waals surface area contributed by atoms with Crippen molar-refractivity contribution >= 4 is 17.5 Å². The zero-order valence-corrected chi connectivity index (χ0v) is 16.5. The number of amides is 2. The van der Waals surface area contributed by atoms with Crippen LogP contribution in [-0.2, 0) is 16.0 Å². The molecule has 2 saturated heterocycles. The lowest BCUT2D eigenvalue weighted by molar-refractivity contribution is -0.136. The summed E-state index contributed by atoms with van der Waals surface area (Å²) < 4.78 is 13.1. The summed E-state index contributed by atoms with van der Waals surface area (Å²) in [6.45, 7) is 3.87. The molecule has 2 heterocycles. The summed E-state index contributed by atoms with van der Waals surface area (Å²) in [6.07, 6.45) is 1.12. The number of carbonyl (C=O) groups excluding carboxylic acids is 2. The Morgan fingerprint density at radius 2 is 1.66 bits per heavy atom. The maximum absolute atomic E-state index is 13.1. The molecule has 2 aromatic carbocycles. The van der Waals surface area contributed by atoms with Gasteiger partial charge in [-0.25, -0.2) is 4.39 Å². The minimum Gasteiger partial charge on any atom is -0.368 e. The number of nitrogens with zero attached hydrogens (tertiary/aromatic N) is 3. The maximum Gasteiger partial charge on any atom is 0.228 e. The molecule has 0 aliphatic carbocycles. The topological polar surface area (TPSA) is 43.9 Å². The normalized spacial score (nSPS) is 19.7. The molecular weight excluding hydrogens is 369 g/mol. The van der Waals surface area contributed by atoms with E-state index in [4.69, 9.17) is 0 Å². The van der Waals surface area contributed by atoms with Crippen LogP contribution in [0, 0.1) is 11.7 Å². The average molecular weight is 395 g/mol. The van der Waals surface area contributed by atoms with E-state index in [0.29, 0.717) is 32.6 Å². The Morgan fingerprint density at radius 3 is 2.34 bits per heavy atom. The molecule has 2 amide bonds. The van der Waals surface area contributed by atoms with Crippen LogP contribution in [0.15, 0.2) is 54.6 Å². The highest BCUT2D eigenvalue weighted by Gasteiger charge is 2.37. The first kappa shape index (κ1) is 19.4. The van der Waals surface area contributed by atoms with E-state index < -0.39 is 0 Å². The molecule has 2 aliphatic rings. The number of halogens is 1. The maximum atomic E-state index is 13.1. The van der Waals surface area contributed by atoms with E-state index in [-0.39, 0.29) is 23.5 Å². The van der Waals surface area contributed by atoms with Gasteiger partial charge in [-0.1, -0.05) is 30.3 Å². The number of likely N-dealkylation sites (tertiary alicyclic amines) is 1. The Labute approximate surface area is 170 Å². The van der Waals surface area contributed by atoms with Crippen molar-refractivity contribution in [2.24, 2.45) is 5.92 Å². The second-order valence-electron chi connectivity index (χ2n) is 7.77. The number of rotatable bonds is 5. The van der Waals surface area contributed by atoms with E-state index in [1.807, 2.05) is 28.0 Å². The Balaban J connectivity index is 1.28. The van der Waals surface area contributed by atoms with Crippen LogP contribution < -0.4 is 4.90 Å². The van der Waals surface area contributed by atoms with Gasteiger partial charge in [0.2, 0.25) is 11.8 Å². The molecule has 0 unspecified atom stereocenters. The summed E-state index contributed by atoms with van der Waals surface area (Å²) in [5, 5.41) is 0. The molecule has 0 aromatic heterocycles. The average Bonchev–Trinajstić information content (AvgIpc) is 3.14. The zero-order valence-electron chi connectivity index (χ0n) is 16.5. The predicted octanol–water partition coefficient (Wildman–Crippen LogP) is 2.57. The van der Waals surface area contributed by atoms with Gasteiger partial charge in [0.15, 0.2) is 0 Å². The molecule has 2 aromatic rings. The van der Waals surface area contributed by atoms with E-state index in [0.717, 1.165) is 25.2 Å². The van der Waals surface area contributed by atoms with Gasteiger partial charge in [-0.05, 0) is 36.2 Å². The molecule has 0 saturated carbocycles. The Hall–Kier alpha value is -2.89. The molecule has 6 heteroatoms. The van der Waals surface area contributed by atoms with Crippen LogP contribution in [0.2, 0.25) is 0 Å². The van der Waals surface area contributed by atoms with E-state index in [2.05, 4.69) is 17.0 Å². The second-order valence-corrected chi connectivity index (χ2v) is 7.77. The number of hydrogen-bond acceptors (Lipinski definition) is 3. The van der Waals surface area contributed by atoms with Gasteiger partial charge in [0.1, 0.15) is 5.82 Å². The molecule has 2 fully saturated rings. The van der Waals surface area contributed by atoms with Crippen LogP contribution in [0.1, 0.15) is 12.0 Å². The number of hydrogen-bond donors (Lipinski definition) is 0. The number of piperazine rings is 1. The van der Waals surface area contributed by atoms with Crippen molar-refractivity contribution in [3.05, 3.63) is 66.0 Å². The molecule has 1 atom stereocenters. The van der Waals surface area contributed by atoms with Crippen molar-refractivity contribution in [1.29, 1.82) is 0 Å². The Morgan fingerprint density at radius 1 is 0.966 bits per heavy atom. The summed E-state index contributed by atoms with van der Waals surface area (Å²) >= 11 is 0. The Kier molecular flexibility index (Phi) is 5.79. The van der Waals surface area contributed by atoms with Crippen LogP contribution >= 0.6 is 0 Å². The lowest BCUT2D eigenvalue weighted by Gasteiger charge is -2.37. The quantitative estimate of drug-likeness (QED) is 0.782. The molecule has 2 aliphatic heterocycles. The fraction of sp³-hybridized carbons (Fsp3) is 0.391. The van der Waals surface area contributed by atoms with Crippen LogP contribution in [0.5, 0.6) is 0 Å². The fourth-order valence-corrected chi connectivity index (χ4v) is 4.16. The van der Waals surface area contributed by atoms with Crippen molar-refractivity contribution in [2.75, 3.05) is 44.2 Å². The van der Waals surface area contributed by atoms with Crippen LogP contribution in [-0.4, -0.2) is 60.9 Å². The molecule has 0 bridgehead atoms. The van der Waals surface area contributed by atoms with Gasteiger partial charge in [0.05, 0.1) is 5.92 Å².